The molecule has 0 fully saturated rings. The monoisotopic (exact) mass is 649 g/mol. The maximum atomic E-state index is 12.0. The van der Waals surface area contributed by atoms with E-state index in [1.54, 1.807) is 76.2 Å². The number of aliphatic carboxylic acids is 1. The van der Waals surface area contributed by atoms with E-state index in [1.807, 2.05) is 45.2 Å². The van der Waals surface area contributed by atoms with Gasteiger partial charge in [0.25, 0.3) is 0 Å². The molecule has 0 N–H and O–H groups in total. The Morgan fingerprint density at radius 1 is 0.774 bits per heavy atom. The summed E-state index contributed by atoms with van der Waals surface area (Å²) in [4.78, 5) is 35.4. The first-order valence-corrected chi connectivity index (χ1v) is 11.7. The van der Waals surface area contributed by atoms with E-state index in [-0.39, 0.29) is 18.4 Å². The van der Waals surface area contributed by atoms with Crippen molar-refractivity contribution in [1.29, 1.82) is 0 Å². The summed E-state index contributed by atoms with van der Waals surface area (Å²) in [6.45, 7) is 7.01. The second-order valence-corrected chi connectivity index (χ2v) is 13.4. The summed E-state index contributed by atoms with van der Waals surface area (Å²) in [5, 5.41) is 11.4. The second-order valence-electron chi connectivity index (χ2n) is 7.99. The molecule has 0 atom stereocenters. The van der Waals surface area contributed by atoms with Crippen LogP contribution >= 0.6 is 45.2 Å². The second kappa shape index (κ2) is 10.3. The first kappa shape index (κ1) is 25.6. The highest BCUT2D eigenvalue weighted by molar-refractivity contribution is 14.1. The summed E-state index contributed by atoms with van der Waals surface area (Å²) >= 11 is 4.01. The minimum Gasteiger partial charge on any atom is -0.550 e. The summed E-state index contributed by atoms with van der Waals surface area (Å²) in [5.41, 5.74) is 1.46. The molecule has 0 aliphatic heterocycles. The van der Waals surface area contributed by atoms with Gasteiger partial charge in [0, 0.05) is 11.9 Å². The molecule has 0 spiro atoms. The van der Waals surface area contributed by atoms with Crippen molar-refractivity contribution in [2.75, 3.05) is 0 Å². The Bertz CT molecular complexity index is 867. The van der Waals surface area contributed by atoms with Crippen molar-refractivity contribution in [2.24, 2.45) is 0 Å². The van der Waals surface area contributed by atoms with Crippen molar-refractivity contribution in [3.8, 4) is 11.5 Å². The van der Waals surface area contributed by atoms with Crippen molar-refractivity contribution < 1.29 is 29.0 Å². The van der Waals surface area contributed by atoms with Crippen molar-refractivity contribution in [2.45, 2.75) is 46.9 Å². The van der Waals surface area contributed by atoms with Crippen molar-refractivity contribution in [3.05, 3.63) is 59.7 Å². The number of benzene rings is 2. The van der Waals surface area contributed by atoms with E-state index in [1.165, 1.54) is 0 Å². The maximum absolute atomic E-state index is 12.0. The van der Waals surface area contributed by atoms with Gasteiger partial charge in [0.1, 0.15) is 18.3 Å². The third kappa shape index (κ3) is 7.74. The highest BCUT2D eigenvalue weighted by Crippen LogP contribution is 2.31. The van der Waals surface area contributed by atoms with Gasteiger partial charge in [0.05, 0.1) is 0 Å². The molecular weight excluding hydrogens is 626 g/mol. The van der Waals surface area contributed by atoms with Crippen LogP contribution in [0, 0.1) is 0 Å². The van der Waals surface area contributed by atoms with E-state index >= 15 is 0 Å². The molecule has 0 saturated heterocycles. The number of esters is 2. The van der Waals surface area contributed by atoms with E-state index in [2.05, 4.69) is 0 Å². The Hall–Kier alpha value is -1.69. The largest absolute Gasteiger partial charge is 0.550 e. The number of carbonyl (C=O) groups excluding carboxylic acids is 3. The van der Waals surface area contributed by atoms with Gasteiger partial charge < -0.3 is 19.4 Å². The number of ether oxygens (including phenoxy) is 2. The fourth-order valence-corrected chi connectivity index (χ4v) is 2.81. The van der Waals surface area contributed by atoms with Crippen LogP contribution in [0.3, 0.4) is 0 Å². The molecule has 2 rings (SSSR count). The zero-order valence-electron chi connectivity index (χ0n) is 17.6. The molecule has 31 heavy (non-hydrogen) atoms. The van der Waals surface area contributed by atoms with Gasteiger partial charge in [-0.25, -0.2) is 0 Å². The summed E-state index contributed by atoms with van der Waals surface area (Å²) in [6.07, 6.45) is -0.222. The maximum Gasteiger partial charge on any atom is 0.326 e. The Balaban J connectivity index is 2.23. The van der Waals surface area contributed by atoms with E-state index < -0.39 is 18.7 Å². The van der Waals surface area contributed by atoms with E-state index in [0.29, 0.717) is 11.5 Å². The molecule has 8 heteroatoms. The number of carboxylic acid groups (broad SMARTS) is 1. The van der Waals surface area contributed by atoms with E-state index in [9.17, 15) is 19.5 Å². The summed E-state index contributed by atoms with van der Waals surface area (Å²) in [5.74, 6) is -1.63. The molecule has 0 aromatic heterocycles. The SMILES string of the molecule is CC(C)(I)C(=O)Oc1ccc(C(CC(=O)[O-])c2ccc(OC(=O)C(C)(C)I)cc2)cc1. The lowest BCUT2D eigenvalue weighted by molar-refractivity contribution is -0.306. The van der Waals surface area contributed by atoms with Crippen LogP contribution in [-0.2, 0) is 14.4 Å². The summed E-state index contributed by atoms with van der Waals surface area (Å²) in [7, 11) is 0. The van der Waals surface area contributed by atoms with Crippen molar-refractivity contribution in [3.63, 3.8) is 0 Å². The molecule has 6 nitrogen and oxygen atoms in total. The summed E-state index contributed by atoms with van der Waals surface area (Å²) < 4.78 is 9.39. The summed E-state index contributed by atoms with van der Waals surface area (Å²) in [6, 6.07) is 13.4. The molecule has 0 saturated carbocycles. The highest BCUT2D eigenvalue weighted by atomic mass is 127. The third-order valence-electron chi connectivity index (χ3n) is 4.33. The Morgan fingerprint density at radius 2 is 1.10 bits per heavy atom. The third-order valence-corrected chi connectivity index (χ3v) is 5.21. The zero-order valence-corrected chi connectivity index (χ0v) is 21.9. The molecule has 0 heterocycles. The van der Waals surface area contributed by atoms with Gasteiger partial charge in [-0.2, -0.15) is 0 Å². The lowest BCUT2D eigenvalue weighted by Crippen LogP contribution is -2.29. The number of rotatable bonds is 8. The van der Waals surface area contributed by atoms with E-state index in [4.69, 9.17) is 9.47 Å². The molecule has 0 aliphatic rings. The van der Waals surface area contributed by atoms with Crippen LogP contribution < -0.4 is 14.6 Å². The Kier molecular flexibility index (Phi) is 8.48. The van der Waals surface area contributed by atoms with Crippen molar-refractivity contribution in [1.82, 2.24) is 0 Å². The minimum absolute atomic E-state index is 0.222. The molecule has 0 aliphatic carbocycles. The molecule has 2 aromatic rings. The number of hydrogen-bond donors (Lipinski definition) is 0. The highest BCUT2D eigenvalue weighted by Gasteiger charge is 2.27. The molecular formula is C23H23I2O6-. The van der Waals surface area contributed by atoms with Gasteiger partial charge in [-0.05, 0) is 69.5 Å². The fraction of sp³-hybridized carbons (Fsp3) is 0.348. The van der Waals surface area contributed by atoms with Crippen LogP contribution in [0.1, 0.15) is 51.2 Å². The van der Waals surface area contributed by atoms with Crippen LogP contribution in [0.15, 0.2) is 48.5 Å². The van der Waals surface area contributed by atoms with Crippen LogP contribution in [0.4, 0.5) is 0 Å². The molecule has 0 radical (unpaired) electrons. The molecule has 166 valence electrons. The minimum atomic E-state index is -1.19. The lowest BCUT2D eigenvalue weighted by atomic mass is 9.88. The number of alkyl halides is 2. The molecule has 0 amide bonds. The standard InChI is InChI=1S/C23H24I2O6/c1-22(2,24)20(28)30-16-9-5-14(6-10-16)18(13-19(26)27)15-7-11-17(12-8-15)31-21(29)23(3,4)25/h5-12,18H,13H2,1-4H3,(H,26,27)/p-1. The quantitative estimate of drug-likeness (QED) is 0.185. The molecule has 2 aromatic carbocycles. The first-order chi connectivity index (χ1) is 14.3. The average Bonchev–Trinajstić information content (AvgIpc) is 2.66. The number of halogens is 2. The van der Waals surface area contributed by atoms with Crippen LogP contribution in [-0.4, -0.2) is 24.8 Å². The number of carboxylic acids is 1. The predicted octanol–water partition coefficient (Wildman–Crippen LogP) is 4.20. The topological polar surface area (TPSA) is 92.7 Å². The van der Waals surface area contributed by atoms with Gasteiger partial charge >= 0.3 is 11.9 Å². The van der Waals surface area contributed by atoms with Crippen LogP contribution in [0.25, 0.3) is 0 Å². The van der Waals surface area contributed by atoms with Gasteiger partial charge in [-0.1, -0.05) is 69.4 Å². The normalized spacial score (nSPS) is 11.8. The number of hydrogen-bond acceptors (Lipinski definition) is 6. The van der Waals surface area contributed by atoms with Crippen molar-refractivity contribution >= 4 is 63.1 Å². The fourth-order valence-electron chi connectivity index (χ4n) is 2.59. The predicted molar refractivity (Wildman–Crippen MR) is 132 cm³/mol. The lowest BCUT2D eigenvalue weighted by Gasteiger charge is -2.20. The van der Waals surface area contributed by atoms with Gasteiger partial charge in [-0.3, -0.25) is 9.59 Å². The smallest absolute Gasteiger partial charge is 0.326 e. The van der Waals surface area contributed by atoms with Gasteiger partial charge in [0.2, 0.25) is 0 Å². The molecule has 0 bridgehead atoms. The number of carbonyl (C=O) groups is 3. The van der Waals surface area contributed by atoms with Crippen LogP contribution in [0.2, 0.25) is 0 Å². The van der Waals surface area contributed by atoms with Crippen LogP contribution in [0.5, 0.6) is 11.5 Å². The molecule has 0 unspecified atom stereocenters. The Morgan fingerprint density at radius 3 is 1.35 bits per heavy atom. The van der Waals surface area contributed by atoms with Gasteiger partial charge in [0.15, 0.2) is 0 Å². The van der Waals surface area contributed by atoms with E-state index in [0.717, 1.165) is 11.1 Å². The average molecular weight is 649 g/mol. The zero-order chi connectivity index (χ0) is 23.4. The van der Waals surface area contributed by atoms with Gasteiger partial charge in [-0.15, -0.1) is 0 Å². The first-order valence-electron chi connectivity index (χ1n) is 9.49. The Labute approximate surface area is 209 Å².